The summed E-state index contributed by atoms with van der Waals surface area (Å²) < 4.78 is 28.0. The van der Waals surface area contributed by atoms with Crippen molar-refractivity contribution in [1.82, 2.24) is 0 Å². The first-order chi connectivity index (χ1) is 18.0. The van der Waals surface area contributed by atoms with Gasteiger partial charge in [-0.3, -0.25) is 14.4 Å². The maximum absolute atomic E-state index is 13.4. The smallest absolute Gasteiger partial charge is 0.312 e. The summed E-state index contributed by atoms with van der Waals surface area (Å²) in [6.45, 7) is 0. The lowest BCUT2D eigenvalue weighted by molar-refractivity contribution is -0.135. The molecule has 2 aliphatic heterocycles. The Morgan fingerprint density at radius 3 is 2.59 bits per heavy atom. The molecule has 0 saturated heterocycles. The highest BCUT2D eigenvalue weighted by molar-refractivity contribution is 6.15. The van der Waals surface area contributed by atoms with E-state index in [4.69, 9.17) is 23.4 Å². The van der Waals surface area contributed by atoms with Crippen LogP contribution in [0.4, 0.5) is 0 Å². The van der Waals surface area contributed by atoms with Crippen molar-refractivity contribution in [1.29, 1.82) is 0 Å². The second kappa shape index (κ2) is 8.67. The van der Waals surface area contributed by atoms with Crippen LogP contribution in [0.25, 0.3) is 17.0 Å². The molecular formula is C29H20O8. The van der Waals surface area contributed by atoms with Crippen molar-refractivity contribution < 1.29 is 33.0 Å². The van der Waals surface area contributed by atoms with Crippen LogP contribution < -0.4 is 24.4 Å². The lowest BCUT2D eigenvalue weighted by Crippen LogP contribution is -2.25. The number of allylic oxidation sites excluding steroid dienone is 1. The van der Waals surface area contributed by atoms with Crippen LogP contribution in [0.5, 0.6) is 23.0 Å². The molecule has 3 aromatic carbocycles. The van der Waals surface area contributed by atoms with Gasteiger partial charge in [0.05, 0.1) is 37.9 Å². The summed E-state index contributed by atoms with van der Waals surface area (Å²) >= 11 is 0. The Bertz CT molecular complexity index is 1690. The predicted octanol–water partition coefficient (Wildman–Crippen LogP) is 4.87. The van der Waals surface area contributed by atoms with E-state index in [0.717, 1.165) is 0 Å². The quantitative estimate of drug-likeness (QED) is 0.224. The van der Waals surface area contributed by atoms with E-state index < -0.39 is 11.9 Å². The number of hydrogen-bond acceptors (Lipinski definition) is 8. The van der Waals surface area contributed by atoms with Crippen LogP contribution in [-0.4, -0.2) is 26.0 Å². The van der Waals surface area contributed by atoms with Crippen LogP contribution in [0.3, 0.4) is 0 Å². The molecule has 8 nitrogen and oxygen atoms in total. The first-order valence-electron chi connectivity index (χ1n) is 11.5. The van der Waals surface area contributed by atoms with Crippen molar-refractivity contribution >= 4 is 28.8 Å². The van der Waals surface area contributed by atoms with Gasteiger partial charge < -0.3 is 23.4 Å². The van der Waals surface area contributed by atoms with Crippen LogP contribution in [0.15, 0.2) is 75.8 Å². The number of hydrogen-bond donors (Lipinski definition) is 0. The fourth-order valence-corrected chi connectivity index (χ4v) is 4.78. The highest BCUT2D eigenvalue weighted by Gasteiger charge is 2.39. The minimum absolute atomic E-state index is 0.0769. The van der Waals surface area contributed by atoms with E-state index >= 15 is 0 Å². The number of ether oxygens (including phenoxy) is 4. The molecule has 3 heterocycles. The number of rotatable bonds is 4. The summed E-state index contributed by atoms with van der Waals surface area (Å²) in [4.78, 5) is 39.2. The van der Waals surface area contributed by atoms with E-state index in [2.05, 4.69) is 0 Å². The molecule has 6 rings (SSSR count). The number of fused-ring (bicyclic) bond motifs is 4. The first-order valence-corrected chi connectivity index (χ1v) is 11.5. The molecule has 184 valence electrons. The normalized spacial score (nSPS) is 17.2. The number of benzene rings is 3. The molecule has 8 heteroatoms. The van der Waals surface area contributed by atoms with Gasteiger partial charge in [-0.1, -0.05) is 12.1 Å². The summed E-state index contributed by atoms with van der Waals surface area (Å²) in [5.74, 6) is 0.137. The predicted molar refractivity (Wildman–Crippen MR) is 134 cm³/mol. The van der Waals surface area contributed by atoms with Gasteiger partial charge in [0.2, 0.25) is 5.78 Å². The maximum Gasteiger partial charge on any atom is 0.312 e. The fraction of sp³-hybridized carbons (Fsp3) is 0.138. The third kappa shape index (κ3) is 3.65. The molecule has 0 saturated carbocycles. The molecule has 0 N–H and O–H groups in total. The maximum atomic E-state index is 13.4. The zero-order chi connectivity index (χ0) is 25.7. The second-order valence-electron chi connectivity index (χ2n) is 8.65. The third-order valence-corrected chi connectivity index (χ3v) is 6.59. The Kier molecular flexibility index (Phi) is 5.30. The molecule has 1 aromatic heterocycles. The van der Waals surface area contributed by atoms with Crippen molar-refractivity contribution in [3.63, 3.8) is 0 Å². The number of methoxy groups -OCH3 is 2. The third-order valence-electron chi connectivity index (χ3n) is 6.59. The highest BCUT2D eigenvalue weighted by atomic mass is 16.5. The van der Waals surface area contributed by atoms with Crippen LogP contribution >= 0.6 is 0 Å². The lowest BCUT2D eigenvalue weighted by Gasteiger charge is -2.25. The molecule has 0 radical (unpaired) electrons. The Labute approximate surface area is 210 Å². The minimum atomic E-state index is -0.713. The topological polar surface area (TPSA) is 101 Å². The van der Waals surface area contributed by atoms with E-state index in [0.29, 0.717) is 39.2 Å². The molecule has 0 fully saturated rings. The average molecular weight is 496 g/mol. The van der Waals surface area contributed by atoms with Crippen molar-refractivity contribution in [2.45, 2.75) is 12.3 Å². The fourth-order valence-electron chi connectivity index (χ4n) is 4.78. The van der Waals surface area contributed by atoms with E-state index in [1.54, 1.807) is 67.8 Å². The SMILES string of the molecule is COc1ccc(/C=C2\Oc3c(ccc4c3C(c3coc5ccccc5c3=O)CC(=O)O4)C2=O)c(OC)c1. The minimum Gasteiger partial charge on any atom is -0.497 e. The molecule has 1 atom stereocenters. The van der Waals surface area contributed by atoms with Crippen molar-refractivity contribution in [2.24, 2.45) is 0 Å². The van der Waals surface area contributed by atoms with E-state index in [-0.39, 0.29) is 40.5 Å². The standard InChI is InChI=1S/C29H20O8/c1-33-16-8-7-15(23(12-16)34-2)11-24-28(32)18-9-10-22-26(29(18)37-24)19(13-25(30)36-22)20-14-35-21-6-4-3-5-17(21)27(20)31/h3-12,14,19H,13H2,1-2H3/b24-11-. The summed E-state index contributed by atoms with van der Waals surface area (Å²) in [5.41, 5.74) is 1.86. The molecule has 2 aliphatic rings. The molecule has 4 aromatic rings. The number of carbonyl (C=O) groups is 2. The van der Waals surface area contributed by atoms with Gasteiger partial charge in [-0.05, 0) is 42.5 Å². The molecule has 0 spiro atoms. The molecule has 0 bridgehead atoms. The van der Waals surface area contributed by atoms with Crippen LogP contribution in [0.2, 0.25) is 0 Å². The monoisotopic (exact) mass is 496 g/mol. The van der Waals surface area contributed by atoms with Crippen LogP contribution in [0, 0.1) is 0 Å². The Morgan fingerprint density at radius 1 is 0.946 bits per heavy atom. The molecule has 0 amide bonds. The zero-order valence-electron chi connectivity index (χ0n) is 19.9. The van der Waals surface area contributed by atoms with E-state index in [9.17, 15) is 14.4 Å². The summed E-state index contributed by atoms with van der Waals surface area (Å²) in [6, 6.07) is 15.2. The van der Waals surface area contributed by atoms with E-state index in [1.807, 2.05) is 0 Å². The van der Waals surface area contributed by atoms with Gasteiger partial charge in [0.25, 0.3) is 0 Å². The summed E-state index contributed by atoms with van der Waals surface area (Å²) in [5, 5.41) is 0.400. The largest absolute Gasteiger partial charge is 0.497 e. The second-order valence-corrected chi connectivity index (χ2v) is 8.65. The molecule has 0 aliphatic carbocycles. The Hall–Kier alpha value is -4.85. The number of para-hydroxylation sites is 1. The zero-order valence-corrected chi connectivity index (χ0v) is 19.9. The molecular weight excluding hydrogens is 476 g/mol. The van der Waals surface area contributed by atoms with Crippen LogP contribution in [-0.2, 0) is 4.79 Å². The van der Waals surface area contributed by atoms with Crippen molar-refractivity contribution in [2.75, 3.05) is 14.2 Å². The van der Waals surface area contributed by atoms with Gasteiger partial charge in [-0.15, -0.1) is 0 Å². The lowest BCUT2D eigenvalue weighted by atomic mass is 9.85. The van der Waals surface area contributed by atoms with E-state index in [1.165, 1.54) is 13.4 Å². The first kappa shape index (κ1) is 22.6. The highest BCUT2D eigenvalue weighted by Crippen LogP contribution is 2.48. The Balaban J connectivity index is 1.48. The van der Waals surface area contributed by atoms with Gasteiger partial charge in [0.1, 0.15) is 28.6 Å². The van der Waals surface area contributed by atoms with Gasteiger partial charge in [-0.2, -0.15) is 0 Å². The van der Waals surface area contributed by atoms with Gasteiger partial charge >= 0.3 is 5.97 Å². The van der Waals surface area contributed by atoms with Crippen molar-refractivity contribution in [3.05, 3.63) is 99.1 Å². The average Bonchev–Trinajstić information content (AvgIpc) is 3.23. The van der Waals surface area contributed by atoms with Crippen LogP contribution in [0.1, 0.15) is 39.4 Å². The number of esters is 1. The number of carbonyl (C=O) groups excluding carboxylic acids is 2. The molecule has 37 heavy (non-hydrogen) atoms. The Morgan fingerprint density at radius 2 is 1.78 bits per heavy atom. The number of Topliss-reactive ketones (excluding diaryl/α,β-unsaturated/α-hetero) is 1. The van der Waals surface area contributed by atoms with Gasteiger partial charge in [-0.25, -0.2) is 0 Å². The van der Waals surface area contributed by atoms with Gasteiger partial charge in [0.15, 0.2) is 11.2 Å². The molecule has 1 unspecified atom stereocenters. The number of ketones is 1. The summed E-state index contributed by atoms with van der Waals surface area (Å²) in [7, 11) is 3.07. The van der Waals surface area contributed by atoms with Crippen molar-refractivity contribution in [3.8, 4) is 23.0 Å². The summed E-state index contributed by atoms with van der Waals surface area (Å²) in [6.07, 6.45) is 2.85. The van der Waals surface area contributed by atoms with Gasteiger partial charge in [0, 0.05) is 28.7 Å².